The fraction of sp³-hybridized carbons (Fsp3) is 0.708. The molecule has 178 valence electrons. The van der Waals surface area contributed by atoms with E-state index in [1.54, 1.807) is 0 Å². The maximum absolute atomic E-state index is 12.4. The monoisotopic (exact) mass is 456 g/mol. The van der Waals surface area contributed by atoms with E-state index in [9.17, 15) is 14.3 Å². The van der Waals surface area contributed by atoms with Crippen molar-refractivity contribution in [1.29, 1.82) is 0 Å². The number of likely N-dealkylation sites (N-methyl/N-ethyl adjacent to an activating group) is 1. The van der Waals surface area contributed by atoms with Crippen LogP contribution in [-0.4, -0.2) is 60.4 Å². The van der Waals surface area contributed by atoms with Gasteiger partial charge in [0.2, 0.25) is 0 Å². The molecule has 6 nitrogen and oxygen atoms in total. The normalized spacial score (nSPS) is 14.9. The summed E-state index contributed by atoms with van der Waals surface area (Å²) < 4.78 is 18.3. The van der Waals surface area contributed by atoms with E-state index in [0.29, 0.717) is 17.4 Å². The zero-order valence-electron chi connectivity index (χ0n) is 19.9. The average Bonchev–Trinajstić information content (AvgIpc) is 2.63. The molecule has 0 spiro atoms. The minimum atomic E-state index is -3.80. The number of nitrogens with zero attached hydrogens (tertiary/aromatic N) is 1. The van der Waals surface area contributed by atoms with Gasteiger partial charge < -0.3 is 14.5 Å². The second-order valence-electron chi connectivity index (χ2n) is 9.60. The van der Waals surface area contributed by atoms with Gasteiger partial charge >= 0.3 is 13.6 Å². The van der Waals surface area contributed by atoms with Gasteiger partial charge in [-0.3, -0.25) is 13.9 Å². The summed E-state index contributed by atoms with van der Waals surface area (Å²) in [5.41, 5.74) is 2.71. The highest BCUT2D eigenvalue weighted by Crippen LogP contribution is 2.45. The number of benzene rings is 1. The molecule has 0 amide bonds. The van der Waals surface area contributed by atoms with Gasteiger partial charge in [-0.1, -0.05) is 56.9 Å². The highest BCUT2D eigenvalue weighted by atomic mass is 31.2. The number of quaternary nitrogens is 1. The maximum Gasteiger partial charge on any atom is 0.328 e. The summed E-state index contributed by atoms with van der Waals surface area (Å²) in [4.78, 5) is 21.3. The molecule has 7 heteroatoms. The van der Waals surface area contributed by atoms with Crippen molar-refractivity contribution in [2.45, 2.75) is 77.2 Å². The largest absolute Gasteiger partial charge is 0.481 e. The number of aliphatic carboxylic acids is 1. The third-order valence-corrected chi connectivity index (χ3v) is 6.69. The lowest BCUT2D eigenvalue weighted by atomic mass is 10.0. The molecular formula is C24H43NO5P+. The number of hydrogen-bond donors (Lipinski definition) is 2. The topological polar surface area (TPSA) is 83.8 Å². The molecular weight excluding hydrogens is 413 g/mol. The highest BCUT2D eigenvalue weighted by molar-refractivity contribution is 7.52. The molecule has 0 aliphatic carbocycles. The molecule has 0 fully saturated rings. The lowest BCUT2D eigenvalue weighted by Gasteiger charge is -2.29. The lowest BCUT2D eigenvalue weighted by Crippen LogP contribution is -2.42. The van der Waals surface area contributed by atoms with E-state index in [2.05, 4.69) is 31.2 Å². The van der Waals surface area contributed by atoms with E-state index in [-0.39, 0.29) is 12.6 Å². The van der Waals surface area contributed by atoms with Gasteiger partial charge in [0.1, 0.15) is 12.6 Å². The van der Waals surface area contributed by atoms with Crippen molar-refractivity contribution in [2.75, 3.05) is 33.8 Å². The quantitative estimate of drug-likeness (QED) is 0.189. The Kier molecular flexibility index (Phi) is 12.6. The molecule has 2 atom stereocenters. The molecule has 0 saturated carbocycles. The number of rotatable bonds is 17. The van der Waals surface area contributed by atoms with Gasteiger partial charge in [0.05, 0.1) is 27.6 Å². The second-order valence-corrected chi connectivity index (χ2v) is 11.5. The number of carboxylic acids is 1. The molecule has 31 heavy (non-hydrogen) atoms. The third-order valence-electron chi connectivity index (χ3n) is 5.18. The van der Waals surface area contributed by atoms with Crippen molar-refractivity contribution >= 4 is 13.6 Å². The van der Waals surface area contributed by atoms with Crippen molar-refractivity contribution in [3.63, 3.8) is 0 Å². The van der Waals surface area contributed by atoms with Crippen molar-refractivity contribution in [1.82, 2.24) is 0 Å². The first-order valence-corrected chi connectivity index (χ1v) is 13.4. The molecule has 0 heterocycles. The van der Waals surface area contributed by atoms with Crippen molar-refractivity contribution in [3.8, 4) is 0 Å². The summed E-state index contributed by atoms with van der Waals surface area (Å²) in [5.74, 6) is -1.02. The van der Waals surface area contributed by atoms with E-state index in [0.717, 1.165) is 25.7 Å². The van der Waals surface area contributed by atoms with E-state index < -0.39 is 19.7 Å². The van der Waals surface area contributed by atoms with Crippen LogP contribution in [0.2, 0.25) is 0 Å². The number of carbonyl (C=O) groups is 1. The van der Waals surface area contributed by atoms with Crippen LogP contribution in [0.25, 0.3) is 0 Å². The Morgan fingerprint density at radius 3 is 2.13 bits per heavy atom. The molecule has 0 saturated heterocycles. The summed E-state index contributed by atoms with van der Waals surface area (Å²) in [7, 11) is 1.91. The van der Waals surface area contributed by atoms with Gasteiger partial charge in [-0.2, -0.15) is 0 Å². The molecule has 1 rings (SSSR count). The van der Waals surface area contributed by atoms with Gasteiger partial charge in [0.15, 0.2) is 0 Å². The van der Waals surface area contributed by atoms with Crippen LogP contribution in [0.3, 0.4) is 0 Å². The van der Waals surface area contributed by atoms with Gasteiger partial charge in [0, 0.05) is 6.16 Å². The van der Waals surface area contributed by atoms with Crippen LogP contribution >= 0.6 is 7.60 Å². The molecule has 2 N–H and O–H groups in total. The summed E-state index contributed by atoms with van der Waals surface area (Å²) in [6.45, 7) is 2.59. The Labute approximate surface area is 188 Å². The van der Waals surface area contributed by atoms with Gasteiger partial charge in [-0.05, 0) is 43.2 Å². The Morgan fingerprint density at radius 1 is 1.03 bits per heavy atom. The highest BCUT2D eigenvalue weighted by Gasteiger charge is 2.30. The number of hydrogen-bond acceptors (Lipinski definition) is 3. The minimum Gasteiger partial charge on any atom is -0.481 e. The van der Waals surface area contributed by atoms with Crippen LogP contribution in [0.1, 0.15) is 69.4 Å². The molecule has 1 unspecified atom stereocenters. The van der Waals surface area contributed by atoms with Crippen LogP contribution in [0.5, 0.6) is 0 Å². The molecule has 0 radical (unpaired) electrons. The van der Waals surface area contributed by atoms with Gasteiger partial charge in [-0.15, -0.1) is 0 Å². The van der Waals surface area contributed by atoms with E-state index in [4.69, 9.17) is 9.63 Å². The second kappa shape index (κ2) is 14.1. The Balaban J connectivity index is 2.38. The van der Waals surface area contributed by atoms with Crippen LogP contribution in [-0.2, 0) is 26.7 Å². The van der Waals surface area contributed by atoms with E-state index >= 15 is 0 Å². The lowest BCUT2D eigenvalue weighted by molar-refractivity contribution is -0.873. The Hall–Kier alpha value is -1.20. The van der Waals surface area contributed by atoms with Gasteiger partial charge in [-0.25, -0.2) is 0 Å². The van der Waals surface area contributed by atoms with Crippen molar-refractivity contribution < 1.29 is 28.4 Å². The molecule has 1 aromatic carbocycles. The smallest absolute Gasteiger partial charge is 0.328 e. The summed E-state index contributed by atoms with van der Waals surface area (Å²) >= 11 is 0. The third kappa shape index (κ3) is 14.5. The summed E-state index contributed by atoms with van der Waals surface area (Å²) in [6, 6.07) is 8.75. The Bertz CT molecular complexity index is 701. The SMILES string of the molecule is CCCCCCc1cccc(CCCCCP(=O)(O)O[C@H](CC(=O)O)C[N+](C)(C)C)c1. The standard InChI is InChI=1S/C24H42NO5P/c1-5-6-7-9-13-21-15-12-16-22(18-21)14-10-8-11-17-31(28,29)30-23(19-24(26)27)20-25(2,3)4/h12,15-16,18,23H,5-11,13-14,17,19-20H2,1-4H3,(H-,26,27,28,29)/p+1/t23-/m1/s1. The molecule has 1 aromatic rings. The predicted octanol–water partition coefficient (Wildman–Crippen LogP) is 5.27. The van der Waals surface area contributed by atoms with E-state index in [1.807, 2.05) is 21.1 Å². The molecule has 0 bridgehead atoms. The van der Waals surface area contributed by atoms with Gasteiger partial charge in [0.25, 0.3) is 0 Å². The molecule has 0 aliphatic heterocycles. The van der Waals surface area contributed by atoms with Crippen LogP contribution < -0.4 is 0 Å². The van der Waals surface area contributed by atoms with Crippen molar-refractivity contribution in [2.24, 2.45) is 0 Å². The summed E-state index contributed by atoms with van der Waals surface area (Å²) in [5, 5.41) is 9.06. The zero-order chi connectivity index (χ0) is 23.3. The Morgan fingerprint density at radius 2 is 1.61 bits per heavy atom. The van der Waals surface area contributed by atoms with E-state index in [1.165, 1.54) is 36.8 Å². The molecule has 0 aromatic heterocycles. The van der Waals surface area contributed by atoms with Crippen LogP contribution in [0.4, 0.5) is 0 Å². The average molecular weight is 457 g/mol. The summed E-state index contributed by atoms with van der Waals surface area (Å²) in [6.07, 6.45) is 8.57. The number of aryl methyl sites for hydroxylation is 2. The predicted molar refractivity (Wildman–Crippen MR) is 127 cm³/mol. The van der Waals surface area contributed by atoms with Crippen molar-refractivity contribution in [3.05, 3.63) is 35.4 Å². The number of carboxylic acid groups (broad SMARTS) is 1. The first-order chi connectivity index (χ1) is 14.5. The first-order valence-electron chi connectivity index (χ1n) is 11.6. The number of unbranched alkanes of at least 4 members (excludes halogenated alkanes) is 5. The van der Waals surface area contributed by atoms with Crippen LogP contribution in [0, 0.1) is 0 Å². The van der Waals surface area contributed by atoms with Crippen LogP contribution in [0.15, 0.2) is 24.3 Å². The maximum atomic E-state index is 12.4. The minimum absolute atomic E-state index is 0.0672. The first kappa shape index (κ1) is 27.8. The molecule has 0 aliphatic rings. The fourth-order valence-electron chi connectivity index (χ4n) is 3.74. The zero-order valence-corrected chi connectivity index (χ0v) is 20.8. The fourth-order valence-corrected chi connectivity index (χ4v) is 5.08.